The zero-order chi connectivity index (χ0) is 12.8. The van der Waals surface area contributed by atoms with E-state index in [9.17, 15) is 4.79 Å². The summed E-state index contributed by atoms with van der Waals surface area (Å²) in [6.45, 7) is 8.24. The second-order valence-corrected chi connectivity index (χ2v) is 6.17. The van der Waals surface area contributed by atoms with E-state index in [1.165, 1.54) is 0 Å². The number of piperidine rings is 1. The first-order valence-corrected chi connectivity index (χ1v) is 6.96. The number of carbonyl (C=O) groups is 1. The number of aliphatic imine (C=N–C) groups is 1. The fourth-order valence-corrected chi connectivity index (χ4v) is 3.31. The fourth-order valence-electron chi connectivity index (χ4n) is 3.31. The predicted octanol–water partition coefficient (Wildman–Crippen LogP) is 0.182. The van der Waals surface area contributed by atoms with E-state index in [0.717, 1.165) is 39.0 Å². The van der Waals surface area contributed by atoms with Crippen LogP contribution >= 0.6 is 0 Å². The molecule has 0 aromatic rings. The lowest BCUT2D eigenvalue weighted by Crippen LogP contribution is -2.57. The molecule has 3 aliphatic rings. The summed E-state index contributed by atoms with van der Waals surface area (Å²) in [4.78, 5) is 19.2. The number of fused-ring (bicyclic) bond motifs is 3. The normalized spacial score (nSPS) is 40.6. The summed E-state index contributed by atoms with van der Waals surface area (Å²) in [6, 6.07) is 0. The van der Waals surface area contributed by atoms with Gasteiger partial charge in [-0.25, -0.2) is 0 Å². The van der Waals surface area contributed by atoms with Crippen LogP contribution in [0.2, 0.25) is 0 Å². The first kappa shape index (κ1) is 12.0. The molecule has 0 aliphatic carbocycles. The highest BCUT2D eigenvalue weighted by molar-refractivity contribution is 6.09. The molecule has 2 N–H and O–H groups in total. The van der Waals surface area contributed by atoms with Crippen LogP contribution in [0.3, 0.4) is 0 Å². The van der Waals surface area contributed by atoms with Crippen molar-refractivity contribution in [1.82, 2.24) is 15.5 Å². The molecule has 1 amide bonds. The highest BCUT2D eigenvalue weighted by Gasteiger charge is 2.55. The number of carbonyl (C=O) groups excluding carboxylic acids is 1. The van der Waals surface area contributed by atoms with Gasteiger partial charge in [-0.1, -0.05) is 13.8 Å². The van der Waals surface area contributed by atoms with Gasteiger partial charge >= 0.3 is 0 Å². The van der Waals surface area contributed by atoms with Crippen LogP contribution in [0.5, 0.6) is 0 Å². The zero-order valence-electron chi connectivity index (χ0n) is 11.2. The van der Waals surface area contributed by atoms with Crippen LogP contribution in [0.15, 0.2) is 4.99 Å². The van der Waals surface area contributed by atoms with Gasteiger partial charge in [0.15, 0.2) is 5.96 Å². The molecule has 3 rings (SSSR count). The van der Waals surface area contributed by atoms with Crippen molar-refractivity contribution in [3.05, 3.63) is 0 Å². The Labute approximate surface area is 108 Å². The summed E-state index contributed by atoms with van der Waals surface area (Å²) < 4.78 is 0. The van der Waals surface area contributed by atoms with E-state index in [4.69, 9.17) is 0 Å². The van der Waals surface area contributed by atoms with E-state index in [0.29, 0.717) is 17.8 Å². The van der Waals surface area contributed by atoms with Gasteiger partial charge in [0.1, 0.15) is 5.54 Å². The Hall–Kier alpha value is -1.10. The van der Waals surface area contributed by atoms with Crippen LogP contribution < -0.4 is 10.6 Å². The molecule has 3 aliphatic heterocycles. The summed E-state index contributed by atoms with van der Waals surface area (Å²) in [5.41, 5.74) is -0.372. The predicted molar refractivity (Wildman–Crippen MR) is 70.3 cm³/mol. The average molecular weight is 250 g/mol. The van der Waals surface area contributed by atoms with Crippen molar-refractivity contribution in [2.24, 2.45) is 16.8 Å². The van der Waals surface area contributed by atoms with Gasteiger partial charge in [-0.3, -0.25) is 15.1 Å². The highest BCUT2D eigenvalue weighted by Crippen LogP contribution is 2.37. The number of hydrogen-bond donors (Lipinski definition) is 2. The molecule has 0 saturated carbocycles. The maximum atomic E-state index is 12.3. The molecule has 3 unspecified atom stereocenters. The molecule has 3 atom stereocenters. The smallest absolute Gasteiger partial charge is 0.252 e. The molecule has 18 heavy (non-hydrogen) atoms. The van der Waals surface area contributed by atoms with Gasteiger partial charge in [0.2, 0.25) is 0 Å². The second kappa shape index (κ2) is 4.23. The molecule has 3 fully saturated rings. The lowest BCUT2D eigenvalue weighted by atomic mass is 9.79. The molecule has 5 heteroatoms. The van der Waals surface area contributed by atoms with Crippen molar-refractivity contribution in [1.29, 1.82) is 0 Å². The Morgan fingerprint density at radius 3 is 3.11 bits per heavy atom. The Morgan fingerprint density at radius 1 is 1.50 bits per heavy atom. The maximum Gasteiger partial charge on any atom is 0.252 e. The van der Waals surface area contributed by atoms with Gasteiger partial charge in [-0.15, -0.1) is 0 Å². The molecular weight excluding hydrogens is 228 g/mol. The SMILES string of the molecule is CC(C)CN=C1NC(=O)C2(CCN3CCC2C3)N1. The van der Waals surface area contributed by atoms with Gasteiger partial charge in [0, 0.05) is 25.6 Å². The Balaban J connectivity index is 1.77. The number of nitrogens with zero attached hydrogens (tertiary/aromatic N) is 2. The van der Waals surface area contributed by atoms with E-state index >= 15 is 0 Å². The van der Waals surface area contributed by atoms with Crippen molar-refractivity contribution in [3.63, 3.8) is 0 Å². The third kappa shape index (κ3) is 1.81. The fraction of sp³-hybridized carbons (Fsp3) is 0.846. The van der Waals surface area contributed by atoms with Gasteiger partial charge in [0.25, 0.3) is 5.91 Å². The van der Waals surface area contributed by atoms with Crippen molar-refractivity contribution in [2.45, 2.75) is 32.2 Å². The highest BCUT2D eigenvalue weighted by atomic mass is 16.2. The summed E-state index contributed by atoms with van der Waals surface area (Å²) in [5.74, 6) is 1.78. The standard InChI is InChI=1S/C13H22N4O/c1-9(2)7-14-12-15-11(18)13(16-12)4-6-17-5-3-10(13)8-17/h9-10H,3-8H2,1-2H3,(H2,14,15,16,18). The number of guanidine groups is 1. The summed E-state index contributed by atoms with van der Waals surface area (Å²) in [7, 11) is 0. The number of rotatable bonds is 2. The molecule has 1 spiro atoms. The lowest BCUT2D eigenvalue weighted by molar-refractivity contribution is -0.126. The zero-order valence-corrected chi connectivity index (χ0v) is 11.2. The largest absolute Gasteiger partial charge is 0.341 e. The Morgan fingerprint density at radius 2 is 2.33 bits per heavy atom. The van der Waals surface area contributed by atoms with Crippen LogP contribution in [-0.2, 0) is 4.79 Å². The molecule has 0 aromatic carbocycles. The van der Waals surface area contributed by atoms with Gasteiger partial charge in [-0.05, 0) is 25.3 Å². The molecule has 0 radical (unpaired) electrons. The van der Waals surface area contributed by atoms with Gasteiger partial charge in [0.05, 0.1) is 0 Å². The van der Waals surface area contributed by atoms with E-state index in [-0.39, 0.29) is 11.4 Å². The minimum absolute atomic E-state index is 0.136. The van der Waals surface area contributed by atoms with Crippen molar-refractivity contribution < 1.29 is 4.79 Å². The second-order valence-electron chi connectivity index (χ2n) is 6.17. The van der Waals surface area contributed by atoms with Crippen LogP contribution in [0, 0.1) is 11.8 Å². The topological polar surface area (TPSA) is 56.7 Å². The number of nitrogens with one attached hydrogen (secondary N) is 2. The quantitative estimate of drug-likeness (QED) is 0.735. The van der Waals surface area contributed by atoms with E-state index in [1.54, 1.807) is 0 Å². The first-order valence-electron chi connectivity index (χ1n) is 6.96. The summed E-state index contributed by atoms with van der Waals surface area (Å²) >= 11 is 0. The Kier molecular flexibility index (Phi) is 2.81. The molecule has 0 aromatic heterocycles. The molecule has 5 nitrogen and oxygen atoms in total. The maximum absolute atomic E-state index is 12.3. The summed E-state index contributed by atoms with van der Waals surface area (Å²) in [6.07, 6.45) is 2.03. The third-order valence-corrected chi connectivity index (χ3v) is 4.38. The van der Waals surface area contributed by atoms with Crippen LogP contribution in [0.1, 0.15) is 26.7 Å². The monoisotopic (exact) mass is 250 g/mol. The molecule has 100 valence electrons. The average Bonchev–Trinajstić information content (AvgIpc) is 2.86. The van der Waals surface area contributed by atoms with Gasteiger partial charge in [-0.2, -0.15) is 0 Å². The molecule has 2 bridgehead atoms. The third-order valence-electron chi connectivity index (χ3n) is 4.38. The number of amides is 1. The van der Waals surface area contributed by atoms with E-state index in [2.05, 4.69) is 34.4 Å². The summed E-state index contributed by atoms with van der Waals surface area (Å²) in [5, 5.41) is 6.34. The van der Waals surface area contributed by atoms with E-state index < -0.39 is 0 Å². The molecule has 3 saturated heterocycles. The Bertz CT molecular complexity index is 392. The van der Waals surface area contributed by atoms with Crippen LogP contribution in [-0.4, -0.2) is 48.5 Å². The minimum atomic E-state index is -0.372. The lowest BCUT2D eigenvalue weighted by Gasteiger charge is -2.37. The minimum Gasteiger partial charge on any atom is -0.341 e. The van der Waals surface area contributed by atoms with Crippen molar-refractivity contribution >= 4 is 11.9 Å². The van der Waals surface area contributed by atoms with Crippen molar-refractivity contribution in [2.75, 3.05) is 26.2 Å². The van der Waals surface area contributed by atoms with Crippen LogP contribution in [0.25, 0.3) is 0 Å². The molecule has 3 heterocycles. The first-order chi connectivity index (χ1) is 8.60. The number of hydrogen-bond acceptors (Lipinski definition) is 3. The van der Waals surface area contributed by atoms with E-state index in [1.807, 2.05) is 0 Å². The van der Waals surface area contributed by atoms with Crippen LogP contribution in [0.4, 0.5) is 0 Å². The molecular formula is C13H22N4O. The van der Waals surface area contributed by atoms with Crippen molar-refractivity contribution in [3.8, 4) is 0 Å². The van der Waals surface area contributed by atoms with Gasteiger partial charge < -0.3 is 10.2 Å².